The molecular weight excluding hydrogens is 346 g/mol. The average Bonchev–Trinajstić information content (AvgIpc) is 2.88. The lowest BCUT2D eigenvalue weighted by atomic mass is 9.93. The van der Waals surface area contributed by atoms with Gasteiger partial charge in [0.15, 0.2) is 5.54 Å². The summed E-state index contributed by atoms with van der Waals surface area (Å²) in [6.07, 6.45) is 13.5. The molecule has 0 aromatic rings. The smallest absolute Gasteiger partial charge is 0.331 e. The minimum atomic E-state index is -1.70. The molecule has 0 unspecified atom stereocenters. The van der Waals surface area contributed by atoms with Gasteiger partial charge in [0, 0.05) is 19.3 Å². The van der Waals surface area contributed by atoms with Crippen LogP contribution in [0.3, 0.4) is 0 Å². The molecule has 1 aliphatic heterocycles. The van der Waals surface area contributed by atoms with Crippen LogP contribution in [0.1, 0.15) is 84.0 Å². The van der Waals surface area contributed by atoms with E-state index in [2.05, 4.69) is 6.92 Å². The molecule has 0 aromatic carbocycles. The number of ether oxygens (including phenoxy) is 1. The van der Waals surface area contributed by atoms with Crippen molar-refractivity contribution in [3.8, 4) is 0 Å². The summed E-state index contributed by atoms with van der Waals surface area (Å²) in [7, 11) is 0. The molecule has 0 saturated carbocycles. The summed E-state index contributed by atoms with van der Waals surface area (Å²) in [5, 5.41) is 19.2. The maximum Gasteiger partial charge on any atom is 0.331 e. The van der Waals surface area contributed by atoms with Gasteiger partial charge in [-0.3, -0.25) is 4.79 Å². The number of carbonyl (C=O) groups is 2. The average molecular weight is 384 g/mol. The van der Waals surface area contributed by atoms with Crippen LogP contribution < -0.4 is 5.73 Å². The van der Waals surface area contributed by atoms with Gasteiger partial charge in [-0.05, 0) is 25.7 Å². The van der Waals surface area contributed by atoms with Crippen molar-refractivity contribution in [1.82, 2.24) is 0 Å². The summed E-state index contributed by atoms with van der Waals surface area (Å²) in [6.45, 7) is 1.54. The van der Waals surface area contributed by atoms with E-state index in [9.17, 15) is 14.7 Å². The number of carbonyl (C=O) groups excluding carboxylic acids is 2. The first-order valence-corrected chi connectivity index (χ1v) is 10.4. The second-order valence-electron chi connectivity index (χ2n) is 7.60. The van der Waals surface area contributed by atoms with Crippen LogP contribution in [-0.4, -0.2) is 46.3 Å². The summed E-state index contributed by atoms with van der Waals surface area (Å²) >= 11 is 0. The van der Waals surface area contributed by atoms with Crippen molar-refractivity contribution in [2.75, 3.05) is 6.61 Å². The molecule has 0 aliphatic carbocycles. The number of esters is 1. The van der Waals surface area contributed by atoms with Gasteiger partial charge in [0.2, 0.25) is 0 Å². The number of aliphatic hydroxyl groups excluding tert-OH is 2. The first kappa shape index (κ1) is 23.8. The topological polar surface area (TPSA) is 110 Å². The van der Waals surface area contributed by atoms with Crippen molar-refractivity contribution in [3.05, 3.63) is 12.2 Å². The van der Waals surface area contributed by atoms with Gasteiger partial charge in [0.1, 0.15) is 18.0 Å². The van der Waals surface area contributed by atoms with Gasteiger partial charge in [-0.1, -0.05) is 51.2 Å². The highest BCUT2D eigenvalue weighted by atomic mass is 16.6. The first-order valence-electron chi connectivity index (χ1n) is 10.4. The van der Waals surface area contributed by atoms with Gasteiger partial charge in [-0.15, -0.1) is 0 Å². The number of ketones is 1. The van der Waals surface area contributed by atoms with Crippen molar-refractivity contribution < 1.29 is 24.5 Å². The summed E-state index contributed by atoms with van der Waals surface area (Å²) in [5.74, 6) is -0.356. The number of aliphatic hydroxyl groups is 2. The summed E-state index contributed by atoms with van der Waals surface area (Å²) in [4.78, 5) is 23.3. The molecule has 0 radical (unpaired) electrons. The summed E-state index contributed by atoms with van der Waals surface area (Å²) in [5.41, 5.74) is 3.97. The Bertz CT molecular complexity index is 479. The number of Topliss-reactive ketones (excluding diaryl/α,β-unsaturated/α-hetero) is 1. The number of cyclic esters (lactones) is 1. The number of hydrogen-bond donors (Lipinski definition) is 3. The van der Waals surface area contributed by atoms with E-state index in [4.69, 9.17) is 15.6 Å². The Morgan fingerprint density at radius 3 is 2.33 bits per heavy atom. The lowest BCUT2D eigenvalue weighted by Gasteiger charge is -2.21. The molecule has 0 aromatic heterocycles. The van der Waals surface area contributed by atoms with E-state index in [1.54, 1.807) is 0 Å². The molecule has 0 bridgehead atoms. The van der Waals surface area contributed by atoms with E-state index in [-0.39, 0.29) is 0 Å². The van der Waals surface area contributed by atoms with Crippen LogP contribution in [0.25, 0.3) is 0 Å². The molecule has 1 aliphatic rings. The maximum absolute atomic E-state index is 11.7. The van der Waals surface area contributed by atoms with Crippen LogP contribution in [0.15, 0.2) is 12.2 Å². The van der Waals surface area contributed by atoms with E-state index in [0.29, 0.717) is 18.6 Å². The van der Waals surface area contributed by atoms with Gasteiger partial charge in [0.25, 0.3) is 0 Å². The molecule has 0 amide bonds. The Balaban J connectivity index is 2.03. The number of hydrogen-bond acceptors (Lipinski definition) is 6. The summed E-state index contributed by atoms with van der Waals surface area (Å²) in [6, 6.07) is 0. The first-order chi connectivity index (χ1) is 13.0. The molecule has 156 valence electrons. The summed E-state index contributed by atoms with van der Waals surface area (Å²) < 4.78 is 5.05. The highest BCUT2D eigenvalue weighted by molar-refractivity contribution is 5.84. The van der Waals surface area contributed by atoms with Crippen LogP contribution in [0.4, 0.5) is 0 Å². The molecule has 6 heteroatoms. The van der Waals surface area contributed by atoms with Gasteiger partial charge in [-0.2, -0.15) is 0 Å². The van der Waals surface area contributed by atoms with Crippen LogP contribution >= 0.6 is 0 Å². The molecular formula is C21H37NO5. The number of nitrogens with two attached hydrogens (primary N) is 1. The molecule has 6 nitrogen and oxygen atoms in total. The fourth-order valence-electron chi connectivity index (χ4n) is 3.26. The monoisotopic (exact) mass is 383 g/mol. The van der Waals surface area contributed by atoms with E-state index < -0.39 is 30.3 Å². The zero-order chi connectivity index (χ0) is 20.1. The van der Waals surface area contributed by atoms with E-state index in [1.165, 1.54) is 12.8 Å². The quantitative estimate of drug-likeness (QED) is 0.228. The minimum absolute atomic E-state index is 0.387. The fourth-order valence-corrected chi connectivity index (χ4v) is 3.26. The van der Waals surface area contributed by atoms with E-state index >= 15 is 0 Å². The van der Waals surface area contributed by atoms with Gasteiger partial charge in [-0.25, -0.2) is 4.79 Å². The minimum Gasteiger partial charge on any atom is -0.458 e. The van der Waals surface area contributed by atoms with Crippen molar-refractivity contribution in [1.29, 1.82) is 0 Å². The van der Waals surface area contributed by atoms with Gasteiger partial charge < -0.3 is 20.7 Å². The van der Waals surface area contributed by atoms with Crippen LogP contribution in [0.2, 0.25) is 0 Å². The van der Waals surface area contributed by atoms with Crippen LogP contribution in [0.5, 0.6) is 0 Å². The standard InChI is InChI=1S/C21H37NO5/c1-2-3-4-10-13-17(24)14-11-8-6-5-7-9-12-15-18-19(25)21(22,16-23)20(26)27-18/h9,12,18-19,23,25H,2-8,10-11,13-16,22H2,1H3/b12-9+/t18-,19+,21+/m1/s1. The lowest BCUT2D eigenvalue weighted by Crippen LogP contribution is -2.57. The number of unbranched alkanes of at least 4 members (excludes halogenated alkanes) is 7. The molecule has 1 fully saturated rings. The van der Waals surface area contributed by atoms with Crippen LogP contribution in [-0.2, 0) is 14.3 Å². The molecule has 1 rings (SSSR count). The van der Waals surface area contributed by atoms with Crippen LogP contribution in [0, 0.1) is 0 Å². The third-order valence-corrected chi connectivity index (χ3v) is 5.20. The Labute approximate surface area is 163 Å². The van der Waals surface area contributed by atoms with Gasteiger partial charge >= 0.3 is 5.97 Å². The van der Waals surface area contributed by atoms with Crippen molar-refractivity contribution in [2.45, 2.75) is 102 Å². The zero-order valence-corrected chi connectivity index (χ0v) is 16.7. The highest BCUT2D eigenvalue weighted by Gasteiger charge is 2.53. The maximum atomic E-state index is 11.7. The fraction of sp³-hybridized carbons (Fsp3) is 0.810. The van der Waals surface area contributed by atoms with Crippen molar-refractivity contribution >= 4 is 11.8 Å². The molecule has 1 saturated heterocycles. The number of allylic oxidation sites excluding steroid dienone is 1. The largest absolute Gasteiger partial charge is 0.458 e. The van der Waals surface area contributed by atoms with E-state index in [1.807, 2.05) is 12.2 Å². The SMILES string of the molecule is CCCCCCC(=O)CCCCCC/C=C/C[C@H]1OC(=O)[C@](N)(CO)[C@H]1O. The Morgan fingerprint density at radius 2 is 1.74 bits per heavy atom. The Morgan fingerprint density at radius 1 is 1.11 bits per heavy atom. The van der Waals surface area contributed by atoms with Gasteiger partial charge in [0.05, 0.1) is 6.61 Å². The highest BCUT2D eigenvalue weighted by Crippen LogP contribution is 2.26. The van der Waals surface area contributed by atoms with E-state index in [0.717, 1.165) is 51.4 Å². The normalized spacial score (nSPS) is 25.3. The molecule has 4 N–H and O–H groups in total. The lowest BCUT2D eigenvalue weighted by molar-refractivity contribution is -0.146. The Hall–Kier alpha value is -1.24. The molecule has 27 heavy (non-hydrogen) atoms. The number of rotatable bonds is 15. The predicted molar refractivity (Wildman–Crippen MR) is 105 cm³/mol. The van der Waals surface area contributed by atoms with Crippen molar-refractivity contribution in [3.63, 3.8) is 0 Å². The molecule has 1 heterocycles. The predicted octanol–water partition coefficient (Wildman–Crippen LogP) is 2.79. The molecule has 0 spiro atoms. The van der Waals surface area contributed by atoms with Crippen molar-refractivity contribution in [2.24, 2.45) is 5.73 Å². The second-order valence-corrected chi connectivity index (χ2v) is 7.60. The Kier molecular flexibility index (Phi) is 11.5. The third kappa shape index (κ3) is 8.11. The third-order valence-electron chi connectivity index (χ3n) is 5.20. The second kappa shape index (κ2) is 13.0. The molecule has 3 atom stereocenters. The zero-order valence-electron chi connectivity index (χ0n) is 16.7.